The molecular weight excluding hydrogens is 242 g/mol. The summed E-state index contributed by atoms with van der Waals surface area (Å²) in [7, 11) is 2.12. The lowest BCUT2D eigenvalue weighted by Gasteiger charge is -2.33. The fraction of sp³-hybridized carbons (Fsp3) is 0.538. The monoisotopic (exact) mass is 263 g/mol. The molecule has 0 aliphatic carbocycles. The van der Waals surface area contributed by atoms with Crippen LogP contribution in [0.1, 0.15) is 6.92 Å². The number of nitrogens with two attached hydrogens (primary N) is 1. The van der Waals surface area contributed by atoms with Crippen LogP contribution in [0.5, 0.6) is 0 Å². The molecule has 0 bridgehead atoms. The molecule has 3 N–H and O–H groups in total. The van der Waals surface area contributed by atoms with Crippen molar-refractivity contribution in [2.24, 2.45) is 5.73 Å². The number of hydrogen-bond acceptors (Lipinski definition) is 5. The zero-order valence-electron chi connectivity index (χ0n) is 11.5. The summed E-state index contributed by atoms with van der Waals surface area (Å²) < 4.78 is 0. The minimum absolute atomic E-state index is 0.200. The number of nitrogens with zero attached hydrogens (tertiary/aromatic N) is 3. The Morgan fingerprint density at radius 3 is 2.58 bits per heavy atom. The molecule has 2 heterocycles. The first kappa shape index (κ1) is 13.8. The number of piperazine rings is 1. The maximum Gasteiger partial charge on any atom is 0.241 e. The number of pyridine rings is 1. The Bertz CT molecular complexity index is 423. The molecule has 1 atom stereocenters. The van der Waals surface area contributed by atoms with Crippen LogP contribution in [0.2, 0.25) is 0 Å². The molecule has 19 heavy (non-hydrogen) atoms. The Kier molecular flexibility index (Phi) is 4.34. The summed E-state index contributed by atoms with van der Waals surface area (Å²) in [5, 5.41) is 2.73. The number of rotatable bonds is 3. The van der Waals surface area contributed by atoms with E-state index in [1.165, 1.54) is 0 Å². The Morgan fingerprint density at radius 2 is 2.05 bits per heavy atom. The van der Waals surface area contributed by atoms with Gasteiger partial charge in [0.2, 0.25) is 5.91 Å². The molecule has 1 aromatic heterocycles. The van der Waals surface area contributed by atoms with Crippen molar-refractivity contribution in [3.05, 3.63) is 18.3 Å². The number of carbonyl (C=O) groups is 1. The molecule has 1 unspecified atom stereocenters. The average Bonchev–Trinajstić information content (AvgIpc) is 2.40. The van der Waals surface area contributed by atoms with E-state index in [2.05, 4.69) is 27.1 Å². The highest BCUT2D eigenvalue weighted by molar-refractivity contribution is 5.94. The highest BCUT2D eigenvalue weighted by Gasteiger charge is 2.15. The third kappa shape index (κ3) is 3.65. The van der Waals surface area contributed by atoms with Crippen molar-refractivity contribution < 1.29 is 4.79 Å². The van der Waals surface area contributed by atoms with Crippen LogP contribution in [0.4, 0.5) is 11.5 Å². The molecule has 1 saturated heterocycles. The topological polar surface area (TPSA) is 74.5 Å². The van der Waals surface area contributed by atoms with Crippen LogP contribution in [-0.4, -0.2) is 55.1 Å². The Hall–Kier alpha value is -1.66. The van der Waals surface area contributed by atoms with E-state index in [4.69, 9.17) is 5.73 Å². The molecule has 0 aromatic carbocycles. The van der Waals surface area contributed by atoms with Gasteiger partial charge in [-0.1, -0.05) is 0 Å². The lowest BCUT2D eigenvalue weighted by Crippen LogP contribution is -2.44. The summed E-state index contributed by atoms with van der Waals surface area (Å²) in [5.74, 6) is 0.751. The van der Waals surface area contributed by atoms with Crippen LogP contribution in [-0.2, 0) is 4.79 Å². The minimum atomic E-state index is -0.516. The smallest absolute Gasteiger partial charge is 0.241 e. The summed E-state index contributed by atoms with van der Waals surface area (Å²) in [5.41, 5.74) is 6.18. The number of carbonyl (C=O) groups excluding carboxylic acids is 1. The van der Waals surface area contributed by atoms with Crippen molar-refractivity contribution in [3.63, 3.8) is 0 Å². The van der Waals surface area contributed by atoms with E-state index in [0.29, 0.717) is 5.69 Å². The molecule has 6 nitrogen and oxygen atoms in total. The van der Waals surface area contributed by atoms with Gasteiger partial charge in [-0.25, -0.2) is 4.98 Å². The first-order valence-electron chi connectivity index (χ1n) is 6.52. The number of aromatic nitrogens is 1. The molecule has 1 aliphatic rings. The minimum Gasteiger partial charge on any atom is -0.354 e. The highest BCUT2D eigenvalue weighted by Crippen LogP contribution is 2.15. The van der Waals surface area contributed by atoms with E-state index < -0.39 is 6.04 Å². The Morgan fingerprint density at radius 1 is 1.37 bits per heavy atom. The van der Waals surface area contributed by atoms with Crippen LogP contribution in [0.25, 0.3) is 0 Å². The van der Waals surface area contributed by atoms with E-state index in [0.717, 1.165) is 32.0 Å². The van der Waals surface area contributed by atoms with Gasteiger partial charge in [-0.15, -0.1) is 0 Å². The zero-order valence-corrected chi connectivity index (χ0v) is 11.5. The second-order valence-corrected chi connectivity index (χ2v) is 4.97. The fourth-order valence-electron chi connectivity index (χ4n) is 1.94. The third-order valence-corrected chi connectivity index (χ3v) is 3.26. The van der Waals surface area contributed by atoms with Crippen molar-refractivity contribution in [1.29, 1.82) is 0 Å². The van der Waals surface area contributed by atoms with Gasteiger partial charge in [0.05, 0.1) is 17.9 Å². The first-order valence-corrected chi connectivity index (χ1v) is 6.52. The van der Waals surface area contributed by atoms with Crippen LogP contribution in [0.15, 0.2) is 18.3 Å². The van der Waals surface area contributed by atoms with Crippen LogP contribution in [0.3, 0.4) is 0 Å². The third-order valence-electron chi connectivity index (χ3n) is 3.26. The number of hydrogen-bond donors (Lipinski definition) is 2. The molecule has 1 fully saturated rings. The van der Waals surface area contributed by atoms with E-state index in [1.54, 1.807) is 13.1 Å². The van der Waals surface area contributed by atoms with Gasteiger partial charge in [0.15, 0.2) is 0 Å². The Balaban J connectivity index is 1.96. The molecule has 104 valence electrons. The van der Waals surface area contributed by atoms with E-state index in [1.807, 2.05) is 12.1 Å². The van der Waals surface area contributed by atoms with Crippen molar-refractivity contribution in [1.82, 2.24) is 9.88 Å². The number of amides is 1. The predicted molar refractivity (Wildman–Crippen MR) is 76.2 cm³/mol. The second-order valence-electron chi connectivity index (χ2n) is 4.97. The summed E-state index contributed by atoms with van der Waals surface area (Å²) >= 11 is 0. The van der Waals surface area contributed by atoms with E-state index in [9.17, 15) is 4.79 Å². The summed E-state index contributed by atoms with van der Waals surface area (Å²) in [6.45, 7) is 5.71. The molecule has 2 rings (SSSR count). The highest BCUT2D eigenvalue weighted by atomic mass is 16.2. The summed E-state index contributed by atoms with van der Waals surface area (Å²) in [4.78, 5) is 20.4. The standard InChI is InChI=1S/C13H21N5O/c1-10(14)13(19)16-11-3-4-12(15-9-11)18-7-5-17(2)6-8-18/h3-4,9-10H,5-8,14H2,1-2H3,(H,16,19). The molecule has 6 heteroatoms. The first-order chi connectivity index (χ1) is 9.06. The Labute approximate surface area is 113 Å². The van der Waals surface area contributed by atoms with E-state index >= 15 is 0 Å². The van der Waals surface area contributed by atoms with Crippen molar-refractivity contribution in [2.75, 3.05) is 43.4 Å². The summed E-state index contributed by atoms with van der Waals surface area (Å²) in [6.07, 6.45) is 1.67. The maximum atomic E-state index is 11.5. The fourth-order valence-corrected chi connectivity index (χ4v) is 1.94. The predicted octanol–water partition coefficient (Wildman–Crippen LogP) is 0.119. The normalized spacial score (nSPS) is 18.2. The lowest BCUT2D eigenvalue weighted by molar-refractivity contribution is -0.117. The van der Waals surface area contributed by atoms with Gasteiger partial charge in [0, 0.05) is 26.2 Å². The largest absolute Gasteiger partial charge is 0.354 e. The number of nitrogens with one attached hydrogen (secondary N) is 1. The molecule has 1 aromatic rings. The number of anilines is 2. The quantitative estimate of drug-likeness (QED) is 0.810. The van der Waals surface area contributed by atoms with Crippen molar-refractivity contribution >= 4 is 17.4 Å². The summed E-state index contributed by atoms with van der Waals surface area (Å²) in [6, 6.07) is 3.28. The maximum absolute atomic E-state index is 11.5. The van der Waals surface area contributed by atoms with Gasteiger partial charge in [-0.05, 0) is 26.1 Å². The van der Waals surface area contributed by atoms with Crippen LogP contribution < -0.4 is 16.0 Å². The average molecular weight is 263 g/mol. The van der Waals surface area contributed by atoms with Crippen LogP contribution in [0, 0.1) is 0 Å². The van der Waals surface area contributed by atoms with Gasteiger partial charge in [0.25, 0.3) is 0 Å². The van der Waals surface area contributed by atoms with Crippen molar-refractivity contribution in [2.45, 2.75) is 13.0 Å². The van der Waals surface area contributed by atoms with Gasteiger partial charge < -0.3 is 20.9 Å². The second kappa shape index (κ2) is 5.99. The molecule has 1 amide bonds. The van der Waals surface area contributed by atoms with E-state index in [-0.39, 0.29) is 5.91 Å². The molecule has 1 aliphatic heterocycles. The van der Waals surface area contributed by atoms with Gasteiger partial charge in [-0.3, -0.25) is 4.79 Å². The SMILES string of the molecule is CC(N)C(=O)Nc1ccc(N2CCN(C)CC2)nc1. The molecule has 0 spiro atoms. The van der Waals surface area contributed by atoms with Gasteiger partial charge in [-0.2, -0.15) is 0 Å². The lowest BCUT2D eigenvalue weighted by atomic mass is 10.3. The van der Waals surface area contributed by atoms with Crippen molar-refractivity contribution in [3.8, 4) is 0 Å². The van der Waals surface area contributed by atoms with Gasteiger partial charge >= 0.3 is 0 Å². The molecular formula is C13H21N5O. The number of likely N-dealkylation sites (N-methyl/N-ethyl adjacent to an activating group) is 1. The van der Waals surface area contributed by atoms with Gasteiger partial charge in [0.1, 0.15) is 5.82 Å². The molecule has 0 saturated carbocycles. The van der Waals surface area contributed by atoms with Crippen LogP contribution >= 0.6 is 0 Å². The molecule has 0 radical (unpaired) electrons. The zero-order chi connectivity index (χ0) is 13.8.